The summed E-state index contributed by atoms with van der Waals surface area (Å²) in [5, 5.41) is 3.82. The number of amides is 3. The number of urea groups is 1. The number of ketones is 1. The lowest BCUT2D eigenvalue weighted by molar-refractivity contribution is -0.783. The number of nitrogens with one attached hydrogen (secondary N) is 1. The Kier molecular flexibility index (Phi) is 6.45. The number of carbonyl (C=O) groups is 3. The molecule has 3 amide bonds. The number of aromatic nitrogens is 2. The fraction of sp³-hybridized carbons (Fsp3) is 0.226. The molecule has 7 nitrogen and oxygen atoms in total. The van der Waals surface area contributed by atoms with Gasteiger partial charge in [-0.1, -0.05) is 78.5 Å². The van der Waals surface area contributed by atoms with E-state index in [4.69, 9.17) is 0 Å². The van der Waals surface area contributed by atoms with Gasteiger partial charge < -0.3 is 4.57 Å². The molecule has 1 aromatic heterocycles. The number of allylic oxidation sites excluding steroid dienone is 1. The first-order valence-electron chi connectivity index (χ1n) is 13.1. The molecule has 2 atom stereocenters. The molecule has 4 aromatic rings. The molecule has 0 saturated carbocycles. The van der Waals surface area contributed by atoms with Crippen molar-refractivity contribution in [1.82, 2.24) is 14.9 Å². The highest BCUT2D eigenvalue weighted by Gasteiger charge is 2.53. The van der Waals surface area contributed by atoms with Gasteiger partial charge in [0.25, 0.3) is 0 Å². The average Bonchev–Trinajstić information content (AvgIpc) is 3.60. The fourth-order valence-electron chi connectivity index (χ4n) is 5.86. The van der Waals surface area contributed by atoms with Gasteiger partial charge in [-0.2, -0.15) is 4.48 Å². The van der Waals surface area contributed by atoms with Crippen molar-refractivity contribution in [3.63, 3.8) is 0 Å². The van der Waals surface area contributed by atoms with E-state index in [9.17, 15) is 14.4 Å². The minimum atomic E-state index is -0.386. The van der Waals surface area contributed by atoms with Crippen molar-refractivity contribution in [1.29, 1.82) is 0 Å². The molecule has 1 N–H and O–H groups in total. The van der Waals surface area contributed by atoms with Crippen molar-refractivity contribution < 1.29 is 18.9 Å². The number of aryl methyl sites for hydroxylation is 1. The number of Topliss-reactive ketones (excluding diaryl/α,β-unsaturated/α-hetero) is 1. The summed E-state index contributed by atoms with van der Waals surface area (Å²) in [7, 11) is 1.93. The number of imidazole rings is 1. The second-order valence-corrected chi connectivity index (χ2v) is 11.1. The highest BCUT2D eigenvalue weighted by molar-refractivity contribution is 7.99. The smallest absolute Gasteiger partial charge is 0.322 e. The van der Waals surface area contributed by atoms with Gasteiger partial charge in [0, 0.05) is 31.0 Å². The maximum Gasteiger partial charge on any atom is 0.428 e. The third-order valence-corrected chi connectivity index (χ3v) is 8.99. The van der Waals surface area contributed by atoms with Crippen LogP contribution in [0.25, 0.3) is 22.3 Å². The predicted octanol–water partition coefficient (Wildman–Crippen LogP) is 5.67. The normalized spacial score (nSPS) is 20.5. The summed E-state index contributed by atoms with van der Waals surface area (Å²) >= 11 is 1.36. The topological polar surface area (TPSA) is 81.1 Å². The summed E-state index contributed by atoms with van der Waals surface area (Å²) in [5.41, 5.74) is 4.76. The number of nitrogens with zero attached hydrogens (tertiary/aromatic N) is 3. The van der Waals surface area contributed by atoms with Gasteiger partial charge in [0.15, 0.2) is 10.9 Å². The van der Waals surface area contributed by atoms with Gasteiger partial charge in [0.1, 0.15) is 11.8 Å². The third-order valence-electron chi connectivity index (χ3n) is 7.98. The molecular weight excluding hydrogens is 508 g/mol. The number of rotatable bonds is 5. The van der Waals surface area contributed by atoms with E-state index < -0.39 is 0 Å². The van der Waals surface area contributed by atoms with Crippen LogP contribution in [0.3, 0.4) is 0 Å². The van der Waals surface area contributed by atoms with Crippen molar-refractivity contribution in [3.05, 3.63) is 95.6 Å². The van der Waals surface area contributed by atoms with Gasteiger partial charge in [0.05, 0.1) is 28.8 Å². The van der Waals surface area contributed by atoms with E-state index in [1.54, 1.807) is 6.07 Å². The van der Waals surface area contributed by atoms with Crippen molar-refractivity contribution in [2.75, 3.05) is 12.3 Å². The molecule has 39 heavy (non-hydrogen) atoms. The molecule has 2 aliphatic rings. The van der Waals surface area contributed by atoms with Crippen LogP contribution in [0.1, 0.15) is 41.3 Å². The van der Waals surface area contributed by atoms with Crippen LogP contribution in [0, 0.1) is 0 Å². The van der Waals surface area contributed by atoms with Crippen LogP contribution in [-0.2, 0) is 11.8 Å². The highest BCUT2D eigenvalue weighted by Crippen LogP contribution is 2.38. The summed E-state index contributed by atoms with van der Waals surface area (Å²) in [4.78, 5) is 46.2. The van der Waals surface area contributed by atoms with E-state index in [-0.39, 0.29) is 34.0 Å². The van der Waals surface area contributed by atoms with Crippen molar-refractivity contribution in [2.45, 2.75) is 31.0 Å². The quantitative estimate of drug-likeness (QED) is 0.262. The number of benzene rings is 3. The Balaban J connectivity index is 1.33. The molecule has 1 fully saturated rings. The Morgan fingerprint density at radius 3 is 2.41 bits per heavy atom. The number of hydrogen-bond donors (Lipinski definition) is 1. The van der Waals surface area contributed by atoms with Gasteiger partial charge in [-0.15, -0.1) is 0 Å². The number of thioether (sulfide) groups is 1. The summed E-state index contributed by atoms with van der Waals surface area (Å²) in [6.45, 7) is 2.39. The molecule has 0 spiro atoms. The Morgan fingerprint density at radius 1 is 1.00 bits per heavy atom. The molecule has 6 rings (SSSR count). The molecule has 2 heterocycles. The van der Waals surface area contributed by atoms with E-state index in [2.05, 4.69) is 10.3 Å². The standard InChI is InChI=1S/C31H28N4O3S/c1-20-11-10-18-35(20,26(36)19-39-30-32-24-16-8-9-17-25(24)34(30)2)31(38)33-28-22-14-6-7-15-23(22)29(37)27(28)21-12-4-3-5-13-21/h3-9,12-17,20H,10-11,18-19H2,1-2H3/p+1/t20-,35?/m1/s1. The van der Waals surface area contributed by atoms with Crippen LogP contribution in [-0.4, -0.2) is 50.1 Å². The lowest BCUT2D eigenvalue weighted by Gasteiger charge is -2.33. The summed E-state index contributed by atoms with van der Waals surface area (Å²) < 4.78 is 1.68. The minimum Gasteiger partial charge on any atom is -0.322 e. The maximum absolute atomic E-state index is 14.2. The monoisotopic (exact) mass is 537 g/mol. The van der Waals surface area contributed by atoms with E-state index in [1.807, 2.05) is 91.3 Å². The molecule has 1 aliphatic carbocycles. The number of likely N-dealkylation sites (tertiary alicyclic amines) is 1. The fourth-order valence-corrected chi connectivity index (χ4v) is 6.79. The lowest BCUT2D eigenvalue weighted by atomic mass is 10.0. The Bertz CT molecular complexity index is 1660. The number of para-hydroxylation sites is 2. The summed E-state index contributed by atoms with van der Waals surface area (Å²) in [6.07, 6.45) is 1.55. The van der Waals surface area contributed by atoms with Crippen LogP contribution in [0.2, 0.25) is 0 Å². The molecule has 1 unspecified atom stereocenters. The van der Waals surface area contributed by atoms with Crippen LogP contribution >= 0.6 is 11.8 Å². The van der Waals surface area contributed by atoms with Gasteiger partial charge in [-0.25, -0.2) is 14.6 Å². The number of imide groups is 1. The molecule has 1 aliphatic heterocycles. The van der Waals surface area contributed by atoms with Crippen molar-refractivity contribution >= 4 is 51.8 Å². The predicted molar refractivity (Wildman–Crippen MR) is 153 cm³/mol. The van der Waals surface area contributed by atoms with E-state index in [0.717, 1.165) is 34.6 Å². The molecule has 0 radical (unpaired) electrons. The second kappa shape index (κ2) is 9.94. The number of quaternary nitrogens is 1. The van der Waals surface area contributed by atoms with E-state index in [1.165, 1.54) is 11.8 Å². The van der Waals surface area contributed by atoms with Crippen LogP contribution in [0.5, 0.6) is 0 Å². The van der Waals surface area contributed by atoms with E-state index in [0.29, 0.717) is 28.9 Å². The van der Waals surface area contributed by atoms with Gasteiger partial charge >= 0.3 is 11.9 Å². The first kappa shape index (κ1) is 25.3. The lowest BCUT2D eigenvalue weighted by Crippen LogP contribution is -2.63. The molecule has 196 valence electrons. The Morgan fingerprint density at radius 2 is 1.69 bits per heavy atom. The first-order chi connectivity index (χ1) is 18.9. The number of hydrogen-bond acceptors (Lipinski definition) is 5. The largest absolute Gasteiger partial charge is 0.428 e. The zero-order chi connectivity index (χ0) is 27.1. The molecule has 1 saturated heterocycles. The third kappa shape index (κ3) is 4.11. The van der Waals surface area contributed by atoms with Crippen molar-refractivity contribution in [3.8, 4) is 0 Å². The molecule has 0 bridgehead atoms. The van der Waals surface area contributed by atoms with Gasteiger partial charge in [-0.3, -0.25) is 10.1 Å². The van der Waals surface area contributed by atoms with Crippen LogP contribution in [0.15, 0.2) is 84.0 Å². The Labute approximate surface area is 231 Å². The van der Waals surface area contributed by atoms with Crippen LogP contribution in [0.4, 0.5) is 4.79 Å². The molecule has 3 aromatic carbocycles. The highest BCUT2D eigenvalue weighted by atomic mass is 32.2. The van der Waals surface area contributed by atoms with Crippen LogP contribution < -0.4 is 5.32 Å². The van der Waals surface area contributed by atoms with Gasteiger partial charge in [0.2, 0.25) is 0 Å². The van der Waals surface area contributed by atoms with E-state index >= 15 is 0 Å². The second-order valence-electron chi connectivity index (χ2n) is 10.1. The Hall–Kier alpha value is -4.01. The molecule has 8 heteroatoms. The molecular formula is C31H29N4O3S+. The first-order valence-corrected chi connectivity index (χ1v) is 14.1. The summed E-state index contributed by atoms with van der Waals surface area (Å²) in [6, 6.07) is 24.0. The van der Waals surface area contributed by atoms with Gasteiger partial charge in [-0.05, 0) is 24.6 Å². The SMILES string of the molecule is C[C@@H]1CCC[N+]1(C(=O)CSc1nc2ccccc2n1C)C(=O)NC1=C(c2ccccc2)C(=O)c2ccccc21. The number of carbonyl (C=O) groups excluding carboxylic acids is 3. The zero-order valence-corrected chi connectivity index (χ0v) is 22.7. The zero-order valence-electron chi connectivity index (χ0n) is 21.9. The summed E-state index contributed by atoms with van der Waals surface area (Å²) in [5.74, 6) is -0.166. The minimum absolute atomic E-state index is 0.120. The van der Waals surface area contributed by atoms with Crippen molar-refractivity contribution in [2.24, 2.45) is 7.05 Å². The number of fused-ring (bicyclic) bond motifs is 2. The maximum atomic E-state index is 14.2. The average molecular weight is 538 g/mol.